The van der Waals surface area contributed by atoms with Crippen molar-refractivity contribution in [1.29, 1.82) is 0 Å². The van der Waals surface area contributed by atoms with E-state index in [1.807, 2.05) is 43.7 Å². The summed E-state index contributed by atoms with van der Waals surface area (Å²) in [7, 11) is 4.06. The lowest BCUT2D eigenvalue weighted by atomic mass is 10.1. The van der Waals surface area contributed by atoms with Gasteiger partial charge in [-0.15, -0.1) is 11.3 Å². The highest BCUT2D eigenvalue weighted by Crippen LogP contribution is 2.31. The molecule has 6 nitrogen and oxygen atoms in total. The van der Waals surface area contributed by atoms with Crippen molar-refractivity contribution in [2.45, 2.75) is 45.9 Å². The summed E-state index contributed by atoms with van der Waals surface area (Å²) in [5, 5.41) is 5.56. The highest BCUT2D eigenvalue weighted by Gasteiger charge is 2.20. The number of anilines is 1. The molecule has 0 spiro atoms. The normalized spacial score (nSPS) is 16.2. The van der Waals surface area contributed by atoms with Gasteiger partial charge in [0.15, 0.2) is 5.13 Å². The monoisotopic (exact) mass is 438 g/mol. The van der Waals surface area contributed by atoms with Crippen molar-refractivity contribution in [2.24, 2.45) is 0 Å². The van der Waals surface area contributed by atoms with E-state index in [1.54, 1.807) is 0 Å². The van der Waals surface area contributed by atoms with E-state index in [4.69, 9.17) is 4.74 Å². The summed E-state index contributed by atoms with van der Waals surface area (Å²) in [6, 6.07) is 9.88. The number of benzene rings is 1. The average Bonchev–Trinajstić information content (AvgIpc) is 3.46. The Morgan fingerprint density at radius 2 is 2.06 bits per heavy atom. The first-order valence-corrected chi connectivity index (χ1v) is 11.6. The van der Waals surface area contributed by atoms with Gasteiger partial charge in [0.05, 0.1) is 11.8 Å². The van der Waals surface area contributed by atoms with E-state index in [-0.39, 0.29) is 5.91 Å². The maximum Gasteiger partial charge on any atom is 0.257 e. The van der Waals surface area contributed by atoms with Gasteiger partial charge < -0.3 is 14.2 Å². The zero-order valence-electron chi connectivity index (χ0n) is 18.6. The molecule has 1 saturated heterocycles. The number of carbonyl (C=O) groups excluding carboxylic acids is 1. The maximum absolute atomic E-state index is 12.6. The fraction of sp³-hybridized carbons (Fsp3) is 0.417. The first-order valence-electron chi connectivity index (χ1n) is 10.7. The number of thiazole rings is 1. The average molecular weight is 439 g/mol. The van der Waals surface area contributed by atoms with Crippen molar-refractivity contribution >= 4 is 22.4 Å². The fourth-order valence-electron chi connectivity index (χ4n) is 4.08. The topological polar surface area (TPSA) is 59.4 Å². The smallest absolute Gasteiger partial charge is 0.257 e. The molecule has 2 aromatic heterocycles. The Bertz CT molecular complexity index is 1050. The van der Waals surface area contributed by atoms with Gasteiger partial charge in [-0.05, 0) is 64.5 Å². The lowest BCUT2D eigenvalue weighted by molar-refractivity contribution is 0.0962. The second-order valence-electron chi connectivity index (χ2n) is 8.46. The summed E-state index contributed by atoms with van der Waals surface area (Å²) in [6.45, 7) is 6.85. The number of amides is 1. The second-order valence-corrected chi connectivity index (χ2v) is 9.32. The number of hydrogen-bond acceptors (Lipinski definition) is 5. The number of ether oxygens (including phenoxy) is 1. The lowest BCUT2D eigenvalue weighted by Crippen LogP contribution is -2.16. The van der Waals surface area contributed by atoms with E-state index in [0.717, 1.165) is 43.8 Å². The zero-order chi connectivity index (χ0) is 22.0. The summed E-state index contributed by atoms with van der Waals surface area (Å²) in [5.41, 5.74) is 6.21. The van der Waals surface area contributed by atoms with E-state index in [0.29, 0.717) is 16.8 Å². The van der Waals surface area contributed by atoms with Crippen molar-refractivity contribution in [3.05, 3.63) is 58.2 Å². The highest BCUT2D eigenvalue weighted by atomic mass is 32.1. The first-order chi connectivity index (χ1) is 14.9. The van der Waals surface area contributed by atoms with Crippen molar-refractivity contribution in [3.63, 3.8) is 0 Å². The Labute approximate surface area is 187 Å². The molecule has 164 valence electrons. The van der Waals surface area contributed by atoms with Gasteiger partial charge in [0.2, 0.25) is 0 Å². The minimum Gasteiger partial charge on any atom is -0.376 e. The Kier molecular flexibility index (Phi) is 6.55. The van der Waals surface area contributed by atoms with Crippen LogP contribution in [0.2, 0.25) is 0 Å². The van der Waals surface area contributed by atoms with Gasteiger partial charge in [0.25, 0.3) is 5.91 Å². The largest absolute Gasteiger partial charge is 0.376 e. The summed E-state index contributed by atoms with van der Waals surface area (Å²) in [6.07, 6.45) is 2.56. The summed E-state index contributed by atoms with van der Waals surface area (Å²) < 4.78 is 8.13. The molecule has 1 aliphatic heterocycles. The molecule has 3 aromatic rings. The third-order valence-electron chi connectivity index (χ3n) is 5.70. The van der Waals surface area contributed by atoms with Crippen molar-refractivity contribution in [3.8, 4) is 11.3 Å². The van der Waals surface area contributed by atoms with Gasteiger partial charge in [-0.25, -0.2) is 4.98 Å². The van der Waals surface area contributed by atoms with Crippen LogP contribution in [0.25, 0.3) is 11.3 Å². The predicted molar refractivity (Wildman–Crippen MR) is 126 cm³/mol. The molecular formula is C24H30N4O2S. The minimum absolute atomic E-state index is 0.138. The lowest BCUT2D eigenvalue weighted by Gasteiger charge is -2.14. The third-order valence-corrected chi connectivity index (χ3v) is 6.46. The zero-order valence-corrected chi connectivity index (χ0v) is 19.5. The number of nitrogens with one attached hydrogen (secondary N) is 1. The van der Waals surface area contributed by atoms with Crippen LogP contribution in [0.1, 0.15) is 40.2 Å². The number of hydrogen-bond donors (Lipinski definition) is 1. The van der Waals surface area contributed by atoms with Crippen LogP contribution in [-0.4, -0.2) is 47.2 Å². The molecule has 3 heterocycles. The van der Waals surface area contributed by atoms with Crippen LogP contribution in [0.4, 0.5) is 5.13 Å². The molecule has 0 radical (unpaired) electrons. The molecule has 31 heavy (non-hydrogen) atoms. The van der Waals surface area contributed by atoms with Crippen LogP contribution in [0.15, 0.2) is 35.7 Å². The molecule has 0 bridgehead atoms. The van der Waals surface area contributed by atoms with E-state index >= 15 is 0 Å². The molecule has 1 fully saturated rings. The van der Waals surface area contributed by atoms with E-state index in [2.05, 4.69) is 39.7 Å². The van der Waals surface area contributed by atoms with Gasteiger partial charge in [0.1, 0.15) is 0 Å². The molecule has 4 rings (SSSR count). The molecule has 0 saturated carbocycles. The van der Waals surface area contributed by atoms with Crippen LogP contribution in [-0.2, 0) is 17.8 Å². The highest BCUT2D eigenvalue weighted by molar-refractivity contribution is 7.14. The Hall–Kier alpha value is -2.48. The summed E-state index contributed by atoms with van der Waals surface area (Å²) in [4.78, 5) is 19.4. The van der Waals surface area contributed by atoms with Crippen LogP contribution in [0.5, 0.6) is 0 Å². The number of rotatable bonds is 7. The van der Waals surface area contributed by atoms with E-state index in [9.17, 15) is 4.79 Å². The molecule has 1 atom stereocenters. The molecular weight excluding hydrogens is 408 g/mol. The Morgan fingerprint density at radius 1 is 1.29 bits per heavy atom. The minimum atomic E-state index is -0.138. The summed E-state index contributed by atoms with van der Waals surface area (Å²) in [5.74, 6) is -0.138. The van der Waals surface area contributed by atoms with Crippen LogP contribution < -0.4 is 5.32 Å². The van der Waals surface area contributed by atoms with Gasteiger partial charge in [0, 0.05) is 47.6 Å². The van der Waals surface area contributed by atoms with Gasteiger partial charge in [-0.2, -0.15) is 0 Å². The van der Waals surface area contributed by atoms with Gasteiger partial charge in [-0.1, -0.05) is 12.1 Å². The number of aryl methyl sites for hydroxylation is 1. The van der Waals surface area contributed by atoms with E-state index < -0.39 is 0 Å². The fourth-order valence-corrected chi connectivity index (χ4v) is 4.79. The third kappa shape index (κ3) is 5.06. The van der Waals surface area contributed by atoms with Crippen molar-refractivity contribution in [2.75, 3.05) is 26.0 Å². The molecule has 1 aliphatic rings. The molecule has 1 unspecified atom stereocenters. The van der Waals surface area contributed by atoms with Gasteiger partial charge in [-0.3, -0.25) is 10.1 Å². The molecule has 1 N–H and O–H groups in total. The van der Waals surface area contributed by atoms with Gasteiger partial charge >= 0.3 is 0 Å². The predicted octanol–water partition coefficient (Wildman–Crippen LogP) is 4.72. The number of carbonyl (C=O) groups is 1. The molecule has 1 amide bonds. The molecule has 0 aliphatic carbocycles. The standard InChI is InChI=1S/C24H30N4O2S/c1-16-12-21(17(2)28(16)14-20-6-5-11-30-20)22-15-31-24(25-22)26-23(29)19-9-7-18(8-10-19)13-27(3)4/h7-10,12,15,20H,5-6,11,13-14H2,1-4H3,(H,25,26,29). The SMILES string of the molecule is Cc1cc(-c2csc(NC(=O)c3ccc(CN(C)C)cc3)n2)c(C)n1CC1CCCO1. The Balaban J connectivity index is 1.45. The van der Waals surface area contributed by atoms with Crippen LogP contribution in [0.3, 0.4) is 0 Å². The number of nitrogens with zero attached hydrogens (tertiary/aromatic N) is 3. The quantitative estimate of drug-likeness (QED) is 0.580. The van der Waals surface area contributed by atoms with Crippen molar-refractivity contribution in [1.82, 2.24) is 14.5 Å². The number of aromatic nitrogens is 2. The van der Waals surface area contributed by atoms with E-state index in [1.165, 1.54) is 28.3 Å². The Morgan fingerprint density at radius 3 is 2.74 bits per heavy atom. The maximum atomic E-state index is 12.6. The van der Waals surface area contributed by atoms with Crippen LogP contribution >= 0.6 is 11.3 Å². The van der Waals surface area contributed by atoms with Crippen molar-refractivity contribution < 1.29 is 9.53 Å². The molecule has 7 heteroatoms. The molecule has 1 aromatic carbocycles. The second kappa shape index (κ2) is 9.34. The van der Waals surface area contributed by atoms with Crippen LogP contribution in [0, 0.1) is 13.8 Å². The summed E-state index contributed by atoms with van der Waals surface area (Å²) >= 11 is 1.45. The first kappa shape index (κ1) is 21.7.